The molecule has 2 aliphatic rings. The van der Waals surface area contributed by atoms with Crippen molar-refractivity contribution in [2.75, 3.05) is 11.4 Å². The molecule has 0 N–H and O–H groups in total. The van der Waals surface area contributed by atoms with Crippen LogP contribution in [0.1, 0.15) is 56.7 Å². The molecule has 3 rings (SSSR count). The number of alkyl halides is 1. The van der Waals surface area contributed by atoms with Gasteiger partial charge in [-0.25, -0.2) is 4.98 Å². The van der Waals surface area contributed by atoms with Crippen LogP contribution in [0, 0.1) is 5.92 Å². The second-order valence-electron chi connectivity index (χ2n) is 6.37. The molecule has 1 aromatic rings. The maximum atomic E-state index is 6.05. The summed E-state index contributed by atoms with van der Waals surface area (Å²) >= 11 is 6.05. The molecule has 0 atom stereocenters. The topological polar surface area (TPSA) is 16.1 Å². The van der Waals surface area contributed by atoms with Crippen molar-refractivity contribution in [1.29, 1.82) is 0 Å². The van der Waals surface area contributed by atoms with Gasteiger partial charge in [0.15, 0.2) is 0 Å². The van der Waals surface area contributed by atoms with E-state index in [1.54, 1.807) is 0 Å². The highest BCUT2D eigenvalue weighted by molar-refractivity contribution is 6.17. The Morgan fingerprint density at radius 1 is 1.26 bits per heavy atom. The van der Waals surface area contributed by atoms with Crippen molar-refractivity contribution in [2.45, 2.75) is 57.4 Å². The predicted molar refractivity (Wildman–Crippen MR) is 81.0 cm³/mol. The minimum absolute atomic E-state index is 0.462. The Balaban J connectivity index is 1.89. The van der Waals surface area contributed by atoms with E-state index in [9.17, 15) is 0 Å². The minimum Gasteiger partial charge on any atom is -0.353 e. The van der Waals surface area contributed by atoms with Gasteiger partial charge in [-0.15, -0.1) is 11.6 Å². The van der Waals surface area contributed by atoms with E-state index in [0.29, 0.717) is 11.8 Å². The van der Waals surface area contributed by atoms with E-state index in [4.69, 9.17) is 16.6 Å². The lowest BCUT2D eigenvalue weighted by molar-refractivity contribution is 0.701. The van der Waals surface area contributed by atoms with Gasteiger partial charge in [0, 0.05) is 24.2 Å². The van der Waals surface area contributed by atoms with Crippen LogP contribution in [-0.4, -0.2) is 17.6 Å². The first-order valence-corrected chi connectivity index (χ1v) is 8.04. The molecular weight excluding hydrogens is 256 g/mol. The largest absolute Gasteiger partial charge is 0.353 e. The Morgan fingerprint density at radius 3 is 2.53 bits per heavy atom. The average molecular weight is 279 g/mol. The number of hydrogen-bond donors (Lipinski definition) is 0. The number of aromatic nitrogens is 1. The quantitative estimate of drug-likeness (QED) is 0.721. The number of hydrogen-bond acceptors (Lipinski definition) is 2. The van der Waals surface area contributed by atoms with Gasteiger partial charge in [0.2, 0.25) is 0 Å². The van der Waals surface area contributed by atoms with Gasteiger partial charge < -0.3 is 4.90 Å². The molecule has 0 unspecified atom stereocenters. The highest BCUT2D eigenvalue weighted by Gasteiger charge is 2.34. The maximum Gasteiger partial charge on any atom is 0.129 e. The van der Waals surface area contributed by atoms with Gasteiger partial charge >= 0.3 is 0 Å². The Hall–Kier alpha value is -0.760. The molecule has 2 fully saturated rings. The summed E-state index contributed by atoms with van der Waals surface area (Å²) in [6, 6.07) is 5.09. The number of rotatable bonds is 6. The molecule has 0 radical (unpaired) electrons. The lowest BCUT2D eigenvalue weighted by Gasteiger charge is -2.25. The zero-order chi connectivity index (χ0) is 13.4. The van der Waals surface area contributed by atoms with Crippen LogP contribution in [0.15, 0.2) is 12.1 Å². The summed E-state index contributed by atoms with van der Waals surface area (Å²) in [6.07, 6.45) is 5.46. The summed E-state index contributed by atoms with van der Waals surface area (Å²) < 4.78 is 0. The van der Waals surface area contributed by atoms with Gasteiger partial charge in [0.05, 0.1) is 0 Å². The normalized spacial score (nSPS) is 18.9. The maximum absolute atomic E-state index is 6.05. The molecule has 19 heavy (non-hydrogen) atoms. The second-order valence-corrected chi connectivity index (χ2v) is 6.64. The average Bonchev–Trinajstić information content (AvgIpc) is 3.27. The molecule has 1 aromatic heterocycles. The van der Waals surface area contributed by atoms with Crippen LogP contribution in [0.5, 0.6) is 0 Å². The zero-order valence-corrected chi connectivity index (χ0v) is 12.7. The van der Waals surface area contributed by atoms with Crippen LogP contribution in [0.25, 0.3) is 0 Å². The van der Waals surface area contributed by atoms with Crippen molar-refractivity contribution in [3.8, 4) is 0 Å². The molecule has 104 valence electrons. The van der Waals surface area contributed by atoms with E-state index < -0.39 is 0 Å². The molecule has 0 aliphatic heterocycles. The van der Waals surface area contributed by atoms with Gasteiger partial charge in [0.1, 0.15) is 5.82 Å². The van der Waals surface area contributed by atoms with Gasteiger partial charge in [-0.05, 0) is 55.2 Å². The Morgan fingerprint density at radius 2 is 2.00 bits per heavy atom. The summed E-state index contributed by atoms with van der Waals surface area (Å²) in [5.41, 5.74) is 2.38. The molecule has 0 aromatic carbocycles. The van der Waals surface area contributed by atoms with Crippen molar-refractivity contribution in [3.63, 3.8) is 0 Å². The Bertz CT molecular complexity index is 450. The van der Waals surface area contributed by atoms with E-state index >= 15 is 0 Å². The molecule has 0 saturated heterocycles. The highest BCUT2D eigenvalue weighted by Crippen LogP contribution is 2.37. The zero-order valence-electron chi connectivity index (χ0n) is 11.9. The van der Waals surface area contributed by atoms with Crippen LogP contribution in [0.4, 0.5) is 5.82 Å². The van der Waals surface area contributed by atoms with Crippen molar-refractivity contribution in [2.24, 2.45) is 5.92 Å². The van der Waals surface area contributed by atoms with Gasteiger partial charge in [0.25, 0.3) is 0 Å². The number of pyridine rings is 1. The third kappa shape index (κ3) is 3.22. The molecule has 2 saturated carbocycles. The summed E-state index contributed by atoms with van der Waals surface area (Å²) in [4.78, 5) is 7.43. The molecular formula is C16H23ClN2. The Labute approximate surface area is 121 Å². The molecule has 0 amide bonds. The first-order chi connectivity index (χ1) is 9.17. The molecule has 1 heterocycles. The molecule has 2 aliphatic carbocycles. The molecule has 2 nitrogen and oxygen atoms in total. The second kappa shape index (κ2) is 5.32. The fourth-order valence-corrected chi connectivity index (χ4v) is 2.66. The van der Waals surface area contributed by atoms with Gasteiger partial charge in [-0.2, -0.15) is 0 Å². The van der Waals surface area contributed by atoms with Crippen LogP contribution < -0.4 is 4.90 Å². The molecule has 0 spiro atoms. The van der Waals surface area contributed by atoms with E-state index in [0.717, 1.165) is 17.8 Å². The third-order valence-corrected chi connectivity index (χ3v) is 4.38. The van der Waals surface area contributed by atoms with Crippen LogP contribution in [0.2, 0.25) is 0 Å². The van der Waals surface area contributed by atoms with Crippen LogP contribution in [0.3, 0.4) is 0 Å². The van der Waals surface area contributed by atoms with Crippen LogP contribution >= 0.6 is 11.6 Å². The van der Waals surface area contributed by atoms with Crippen LogP contribution in [-0.2, 0) is 5.88 Å². The van der Waals surface area contributed by atoms with Gasteiger partial charge in [-0.3, -0.25) is 0 Å². The van der Waals surface area contributed by atoms with Crippen molar-refractivity contribution in [1.82, 2.24) is 4.98 Å². The summed E-state index contributed by atoms with van der Waals surface area (Å²) in [5, 5.41) is 0. The van der Waals surface area contributed by atoms with Crippen molar-refractivity contribution < 1.29 is 0 Å². The fraction of sp³-hybridized carbons (Fsp3) is 0.688. The SMILES string of the molecule is CC(C)c1cc(CCl)cc(N(CC2CC2)C2CC2)n1. The van der Waals surface area contributed by atoms with Crippen molar-refractivity contribution >= 4 is 17.4 Å². The third-order valence-electron chi connectivity index (χ3n) is 4.07. The number of halogens is 1. The molecule has 0 bridgehead atoms. The number of anilines is 1. The first kappa shape index (κ1) is 13.2. The fourth-order valence-electron chi connectivity index (χ4n) is 2.51. The summed E-state index contributed by atoms with van der Waals surface area (Å²) in [5.74, 6) is 3.11. The lowest BCUT2D eigenvalue weighted by Crippen LogP contribution is -2.29. The lowest BCUT2D eigenvalue weighted by atomic mass is 10.1. The first-order valence-electron chi connectivity index (χ1n) is 7.51. The van der Waals surface area contributed by atoms with Gasteiger partial charge in [-0.1, -0.05) is 13.8 Å². The van der Waals surface area contributed by atoms with E-state index in [1.807, 2.05) is 0 Å². The summed E-state index contributed by atoms with van der Waals surface area (Å²) in [7, 11) is 0. The van der Waals surface area contributed by atoms with E-state index in [1.165, 1.54) is 43.5 Å². The summed E-state index contributed by atoms with van der Waals surface area (Å²) in [6.45, 7) is 5.60. The van der Waals surface area contributed by atoms with Crippen molar-refractivity contribution in [3.05, 3.63) is 23.4 Å². The molecule has 3 heteroatoms. The van der Waals surface area contributed by atoms with E-state index in [-0.39, 0.29) is 0 Å². The number of nitrogens with zero attached hydrogens (tertiary/aromatic N) is 2. The monoisotopic (exact) mass is 278 g/mol. The predicted octanol–water partition coefficient (Wildman–Crippen LogP) is 4.32. The smallest absolute Gasteiger partial charge is 0.129 e. The minimum atomic E-state index is 0.462. The standard InChI is InChI=1S/C16H23ClN2/c1-11(2)15-7-13(9-17)8-16(18-15)19(14-5-6-14)10-12-3-4-12/h7-8,11-12,14H,3-6,9-10H2,1-2H3. The highest BCUT2D eigenvalue weighted by atomic mass is 35.5. The van der Waals surface area contributed by atoms with E-state index in [2.05, 4.69) is 30.9 Å². The Kier molecular flexibility index (Phi) is 3.70.